The fraction of sp³-hybridized carbons (Fsp3) is 0.647. The molecular weight excluding hydrogens is 262 g/mol. The SMILES string of the molecule is O=C(CN1CCC[C@@H](Cc2cccnc2)C1)N1CCCC1. The van der Waals surface area contributed by atoms with Crippen molar-refractivity contribution >= 4 is 5.91 Å². The van der Waals surface area contributed by atoms with Crippen LogP contribution in [0.1, 0.15) is 31.2 Å². The lowest BCUT2D eigenvalue weighted by Gasteiger charge is -2.33. The molecule has 4 nitrogen and oxygen atoms in total. The van der Waals surface area contributed by atoms with E-state index in [1.165, 1.54) is 31.2 Å². The Bertz CT molecular complexity index is 456. The largest absolute Gasteiger partial charge is 0.342 e. The summed E-state index contributed by atoms with van der Waals surface area (Å²) in [6, 6.07) is 4.16. The fourth-order valence-corrected chi connectivity index (χ4v) is 3.57. The molecule has 2 fully saturated rings. The zero-order valence-electron chi connectivity index (χ0n) is 12.7. The Kier molecular flexibility index (Phi) is 4.86. The van der Waals surface area contributed by atoms with Gasteiger partial charge in [-0.3, -0.25) is 14.7 Å². The van der Waals surface area contributed by atoms with Crippen molar-refractivity contribution in [2.75, 3.05) is 32.7 Å². The molecule has 2 saturated heterocycles. The minimum atomic E-state index is 0.328. The average Bonchev–Trinajstić information content (AvgIpc) is 3.03. The van der Waals surface area contributed by atoms with Crippen molar-refractivity contribution in [3.05, 3.63) is 30.1 Å². The van der Waals surface area contributed by atoms with E-state index in [2.05, 4.69) is 16.0 Å². The Morgan fingerprint density at radius 3 is 2.86 bits per heavy atom. The molecule has 114 valence electrons. The molecule has 1 atom stereocenters. The first-order valence-corrected chi connectivity index (χ1v) is 8.20. The molecule has 0 spiro atoms. The molecule has 21 heavy (non-hydrogen) atoms. The van der Waals surface area contributed by atoms with Crippen molar-refractivity contribution in [3.8, 4) is 0 Å². The molecule has 4 heteroatoms. The molecule has 1 aromatic rings. The second-order valence-corrected chi connectivity index (χ2v) is 6.40. The second-order valence-electron chi connectivity index (χ2n) is 6.40. The van der Waals surface area contributed by atoms with E-state index < -0.39 is 0 Å². The van der Waals surface area contributed by atoms with Crippen LogP contribution in [0.3, 0.4) is 0 Å². The maximum absolute atomic E-state index is 12.3. The molecule has 3 rings (SSSR count). The van der Waals surface area contributed by atoms with Crippen LogP contribution in [0.2, 0.25) is 0 Å². The predicted molar refractivity (Wildman–Crippen MR) is 82.9 cm³/mol. The zero-order valence-corrected chi connectivity index (χ0v) is 12.7. The van der Waals surface area contributed by atoms with Crippen LogP contribution in [-0.2, 0) is 11.2 Å². The maximum Gasteiger partial charge on any atom is 0.236 e. The first-order valence-electron chi connectivity index (χ1n) is 8.20. The second kappa shape index (κ2) is 7.03. The number of hydrogen-bond donors (Lipinski definition) is 0. The van der Waals surface area contributed by atoms with Crippen LogP contribution in [0, 0.1) is 5.92 Å². The summed E-state index contributed by atoms with van der Waals surface area (Å²) in [5.74, 6) is 0.990. The van der Waals surface area contributed by atoms with E-state index >= 15 is 0 Å². The number of carbonyl (C=O) groups excluding carboxylic acids is 1. The lowest BCUT2D eigenvalue weighted by Crippen LogP contribution is -2.43. The summed E-state index contributed by atoms with van der Waals surface area (Å²) in [7, 11) is 0. The molecule has 0 saturated carbocycles. The lowest BCUT2D eigenvalue weighted by atomic mass is 9.92. The first kappa shape index (κ1) is 14.5. The highest BCUT2D eigenvalue weighted by molar-refractivity contribution is 5.78. The van der Waals surface area contributed by atoms with Gasteiger partial charge in [0.15, 0.2) is 0 Å². The van der Waals surface area contributed by atoms with Gasteiger partial charge in [-0.25, -0.2) is 0 Å². The van der Waals surface area contributed by atoms with Gasteiger partial charge in [-0.05, 0) is 56.2 Å². The molecule has 0 radical (unpaired) electrons. The number of rotatable bonds is 4. The van der Waals surface area contributed by atoms with Gasteiger partial charge in [-0.15, -0.1) is 0 Å². The van der Waals surface area contributed by atoms with Crippen molar-refractivity contribution in [1.29, 1.82) is 0 Å². The van der Waals surface area contributed by atoms with Gasteiger partial charge < -0.3 is 4.90 Å². The van der Waals surface area contributed by atoms with Crippen molar-refractivity contribution in [2.45, 2.75) is 32.1 Å². The van der Waals surface area contributed by atoms with Crippen LogP contribution >= 0.6 is 0 Å². The van der Waals surface area contributed by atoms with E-state index in [4.69, 9.17) is 0 Å². The summed E-state index contributed by atoms with van der Waals surface area (Å²) >= 11 is 0. The van der Waals surface area contributed by atoms with Gasteiger partial charge in [-0.2, -0.15) is 0 Å². The lowest BCUT2D eigenvalue weighted by molar-refractivity contribution is -0.131. The molecule has 0 unspecified atom stereocenters. The number of likely N-dealkylation sites (tertiary alicyclic amines) is 2. The van der Waals surface area contributed by atoms with Gasteiger partial charge in [0.2, 0.25) is 5.91 Å². The minimum absolute atomic E-state index is 0.328. The molecule has 2 aliphatic heterocycles. The molecular formula is C17H25N3O. The van der Waals surface area contributed by atoms with Gasteiger partial charge in [0.25, 0.3) is 0 Å². The van der Waals surface area contributed by atoms with Crippen molar-refractivity contribution in [1.82, 2.24) is 14.8 Å². The number of hydrogen-bond acceptors (Lipinski definition) is 3. The highest BCUT2D eigenvalue weighted by Crippen LogP contribution is 2.20. The maximum atomic E-state index is 12.3. The van der Waals surface area contributed by atoms with Crippen molar-refractivity contribution in [3.63, 3.8) is 0 Å². The van der Waals surface area contributed by atoms with E-state index in [-0.39, 0.29) is 0 Å². The van der Waals surface area contributed by atoms with Crippen molar-refractivity contribution < 1.29 is 4.79 Å². The third-order valence-electron chi connectivity index (χ3n) is 4.67. The van der Waals surface area contributed by atoms with E-state index in [0.29, 0.717) is 18.4 Å². The van der Waals surface area contributed by atoms with Gasteiger partial charge in [0.1, 0.15) is 0 Å². The summed E-state index contributed by atoms with van der Waals surface area (Å²) in [6.45, 7) is 4.67. The highest BCUT2D eigenvalue weighted by Gasteiger charge is 2.25. The summed E-state index contributed by atoms with van der Waals surface area (Å²) in [5, 5.41) is 0. The number of aromatic nitrogens is 1. The Labute approximate surface area is 127 Å². The minimum Gasteiger partial charge on any atom is -0.342 e. The van der Waals surface area contributed by atoms with E-state index in [1.54, 1.807) is 0 Å². The average molecular weight is 287 g/mol. The van der Waals surface area contributed by atoms with Gasteiger partial charge in [0.05, 0.1) is 6.54 Å². The van der Waals surface area contributed by atoms with Crippen LogP contribution in [0.25, 0.3) is 0 Å². The third kappa shape index (κ3) is 4.03. The fourth-order valence-electron chi connectivity index (χ4n) is 3.57. The van der Waals surface area contributed by atoms with Gasteiger partial charge in [-0.1, -0.05) is 6.07 Å². The highest BCUT2D eigenvalue weighted by atomic mass is 16.2. The van der Waals surface area contributed by atoms with Crippen LogP contribution in [-0.4, -0.2) is 53.4 Å². The number of pyridine rings is 1. The number of carbonyl (C=O) groups is 1. The Morgan fingerprint density at radius 2 is 2.10 bits per heavy atom. The smallest absolute Gasteiger partial charge is 0.236 e. The quantitative estimate of drug-likeness (QED) is 0.849. The predicted octanol–water partition coefficient (Wildman–Crippen LogP) is 1.96. The van der Waals surface area contributed by atoms with E-state index in [0.717, 1.165) is 32.6 Å². The Balaban J connectivity index is 1.49. The van der Waals surface area contributed by atoms with Crippen LogP contribution < -0.4 is 0 Å². The standard InChI is InChI=1S/C17H25N3O/c21-17(20-9-1-2-10-20)14-19-8-4-6-16(13-19)11-15-5-3-7-18-12-15/h3,5,7,12,16H,1-2,4,6,8-11,13-14H2/t16-/m0/s1. The van der Waals surface area contributed by atoms with Crippen molar-refractivity contribution in [2.24, 2.45) is 5.92 Å². The van der Waals surface area contributed by atoms with Gasteiger partial charge in [0, 0.05) is 32.0 Å². The van der Waals surface area contributed by atoms with Crippen LogP contribution in [0.4, 0.5) is 0 Å². The molecule has 0 N–H and O–H groups in total. The topological polar surface area (TPSA) is 36.4 Å². The van der Waals surface area contributed by atoms with E-state index in [1.807, 2.05) is 23.4 Å². The van der Waals surface area contributed by atoms with Crippen LogP contribution in [0.5, 0.6) is 0 Å². The molecule has 1 amide bonds. The number of nitrogens with zero attached hydrogens (tertiary/aromatic N) is 3. The number of amides is 1. The van der Waals surface area contributed by atoms with Gasteiger partial charge >= 0.3 is 0 Å². The zero-order chi connectivity index (χ0) is 14.5. The molecule has 0 bridgehead atoms. The van der Waals surface area contributed by atoms with Crippen LogP contribution in [0.15, 0.2) is 24.5 Å². The summed E-state index contributed by atoms with van der Waals surface area (Å²) in [4.78, 5) is 20.8. The Morgan fingerprint density at radius 1 is 1.24 bits per heavy atom. The molecule has 0 aromatic carbocycles. The monoisotopic (exact) mass is 287 g/mol. The molecule has 2 aliphatic rings. The number of piperidine rings is 1. The molecule has 1 aromatic heterocycles. The summed E-state index contributed by atoms with van der Waals surface area (Å²) < 4.78 is 0. The summed E-state index contributed by atoms with van der Waals surface area (Å²) in [6.07, 6.45) is 9.70. The van der Waals surface area contributed by atoms with E-state index in [9.17, 15) is 4.79 Å². The Hall–Kier alpha value is -1.42. The summed E-state index contributed by atoms with van der Waals surface area (Å²) in [5.41, 5.74) is 1.32. The first-order chi connectivity index (χ1) is 10.3. The molecule has 0 aliphatic carbocycles. The molecule has 3 heterocycles. The normalized spacial score (nSPS) is 23.4. The third-order valence-corrected chi connectivity index (χ3v) is 4.67.